The topological polar surface area (TPSA) is 35.8 Å². The second-order valence-electron chi connectivity index (χ2n) is 5.87. The van der Waals surface area contributed by atoms with Crippen molar-refractivity contribution in [3.63, 3.8) is 0 Å². The number of unbranched alkanes of at least 4 members (excludes halogenated alkanes) is 2. The van der Waals surface area contributed by atoms with E-state index in [-0.39, 0.29) is 0 Å². The highest BCUT2D eigenvalue weighted by atomic mass is 32.2. The fourth-order valence-electron chi connectivity index (χ4n) is 2.53. The number of hydrogen-bond donors (Lipinski definition) is 1. The van der Waals surface area contributed by atoms with Crippen molar-refractivity contribution in [2.45, 2.75) is 57.0 Å². The Morgan fingerprint density at radius 1 is 1.24 bits per heavy atom. The van der Waals surface area contributed by atoms with Crippen molar-refractivity contribution < 1.29 is 0 Å². The zero-order chi connectivity index (χ0) is 15.0. The van der Waals surface area contributed by atoms with Crippen LogP contribution in [0.15, 0.2) is 30.3 Å². The lowest BCUT2D eigenvalue weighted by molar-refractivity contribution is 0.412. The Morgan fingerprint density at radius 3 is 2.62 bits per heavy atom. The Balaban J connectivity index is 1.94. The third-order valence-electron chi connectivity index (χ3n) is 4.00. The van der Waals surface area contributed by atoms with E-state index in [1.165, 1.54) is 37.9 Å². The lowest BCUT2D eigenvalue weighted by Gasteiger charge is -2.28. The summed E-state index contributed by atoms with van der Waals surface area (Å²) in [7, 11) is 0. The van der Waals surface area contributed by atoms with Gasteiger partial charge >= 0.3 is 0 Å². The minimum atomic E-state index is -0.500. The molecule has 0 spiro atoms. The molecule has 1 saturated carbocycles. The number of nitrogens with zero attached hydrogens (tertiary/aromatic N) is 1. The van der Waals surface area contributed by atoms with Crippen LogP contribution in [0, 0.1) is 11.3 Å². The average molecular weight is 302 g/mol. The van der Waals surface area contributed by atoms with Crippen LogP contribution >= 0.6 is 11.8 Å². The van der Waals surface area contributed by atoms with Crippen LogP contribution in [0.25, 0.3) is 0 Å². The second kappa shape index (κ2) is 8.46. The summed E-state index contributed by atoms with van der Waals surface area (Å²) in [5, 5.41) is 13.4. The normalized spacial score (nSPS) is 17.1. The maximum absolute atomic E-state index is 9.83. The molecule has 2 rings (SSSR count). The Hall–Kier alpha value is -0.980. The first kappa shape index (κ1) is 16.4. The van der Waals surface area contributed by atoms with Gasteiger partial charge in [0.15, 0.2) is 0 Å². The highest BCUT2D eigenvalue weighted by molar-refractivity contribution is 7.99. The van der Waals surface area contributed by atoms with Gasteiger partial charge in [-0.2, -0.15) is 17.0 Å². The number of nitrogens with one attached hydrogen (secondary N) is 1. The highest BCUT2D eigenvalue weighted by Gasteiger charge is 2.37. The summed E-state index contributed by atoms with van der Waals surface area (Å²) in [4.78, 5) is 0. The van der Waals surface area contributed by atoms with Crippen molar-refractivity contribution in [3.05, 3.63) is 35.9 Å². The summed E-state index contributed by atoms with van der Waals surface area (Å²) in [6.07, 6.45) is 7.19. The Kier molecular flexibility index (Phi) is 6.60. The molecule has 1 aromatic rings. The minimum absolute atomic E-state index is 0.500. The molecular weight excluding hydrogens is 276 g/mol. The molecule has 0 saturated heterocycles. The molecule has 1 N–H and O–H groups in total. The van der Waals surface area contributed by atoms with Gasteiger partial charge < -0.3 is 0 Å². The monoisotopic (exact) mass is 302 g/mol. The molecule has 3 heteroatoms. The van der Waals surface area contributed by atoms with Crippen LogP contribution in [0.1, 0.15) is 51.0 Å². The highest BCUT2D eigenvalue weighted by Crippen LogP contribution is 2.32. The van der Waals surface area contributed by atoms with Gasteiger partial charge in [-0.25, -0.2) is 0 Å². The van der Waals surface area contributed by atoms with Crippen molar-refractivity contribution in [3.8, 4) is 6.07 Å². The molecule has 0 aliphatic heterocycles. The predicted octanol–water partition coefficient (Wildman–Crippen LogP) is 4.47. The quantitative estimate of drug-likeness (QED) is 0.648. The average Bonchev–Trinajstić information content (AvgIpc) is 3.34. The molecule has 0 aromatic heterocycles. The van der Waals surface area contributed by atoms with Crippen molar-refractivity contribution in [2.75, 3.05) is 11.5 Å². The summed E-state index contributed by atoms with van der Waals surface area (Å²) < 4.78 is 0. The van der Waals surface area contributed by atoms with E-state index in [1.807, 2.05) is 30.0 Å². The predicted molar refractivity (Wildman–Crippen MR) is 91.4 cm³/mol. The Bertz CT molecular complexity index is 450. The van der Waals surface area contributed by atoms with Crippen LogP contribution in [-0.2, 0) is 5.54 Å². The van der Waals surface area contributed by atoms with Crippen LogP contribution in [0.3, 0.4) is 0 Å². The maximum Gasteiger partial charge on any atom is 0.133 e. The van der Waals surface area contributed by atoms with Gasteiger partial charge in [0.2, 0.25) is 0 Å². The van der Waals surface area contributed by atoms with Crippen molar-refractivity contribution >= 4 is 11.8 Å². The number of rotatable bonds is 10. The standard InChI is InChI=1S/C18H26N2S/c1-2-3-7-13-21-14-12-18(15-19,20-17-10-11-17)16-8-5-4-6-9-16/h4-6,8-9,17,20H,2-3,7,10-14H2,1H3. The van der Waals surface area contributed by atoms with Gasteiger partial charge in [-0.3, -0.25) is 5.32 Å². The molecule has 0 radical (unpaired) electrons. The Morgan fingerprint density at radius 2 is 2.00 bits per heavy atom. The van der Waals surface area contributed by atoms with E-state index in [1.54, 1.807) is 0 Å². The Labute approximate surface area is 133 Å². The number of benzene rings is 1. The molecule has 0 amide bonds. The zero-order valence-corrected chi connectivity index (χ0v) is 13.8. The summed E-state index contributed by atoms with van der Waals surface area (Å²) >= 11 is 1.99. The van der Waals surface area contributed by atoms with E-state index in [4.69, 9.17) is 0 Å². The molecule has 1 aliphatic rings. The second-order valence-corrected chi connectivity index (χ2v) is 7.10. The summed E-state index contributed by atoms with van der Waals surface area (Å²) in [5.74, 6) is 2.26. The molecule has 1 aromatic carbocycles. The largest absolute Gasteiger partial charge is 0.293 e. The van der Waals surface area contributed by atoms with Gasteiger partial charge in [0.25, 0.3) is 0 Å². The van der Waals surface area contributed by atoms with E-state index in [0.29, 0.717) is 6.04 Å². The van der Waals surface area contributed by atoms with E-state index < -0.39 is 5.54 Å². The number of nitriles is 1. The fourth-order valence-corrected chi connectivity index (χ4v) is 3.60. The van der Waals surface area contributed by atoms with Gasteiger partial charge in [-0.05, 0) is 42.8 Å². The van der Waals surface area contributed by atoms with E-state index in [0.717, 1.165) is 17.7 Å². The number of hydrogen-bond acceptors (Lipinski definition) is 3. The molecule has 1 unspecified atom stereocenters. The summed E-state index contributed by atoms with van der Waals surface area (Å²) in [6, 6.07) is 13.4. The molecule has 1 fully saturated rings. The lowest BCUT2D eigenvalue weighted by atomic mass is 9.88. The third kappa shape index (κ3) is 5.05. The van der Waals surface area contributed by atoms with Gasteiger partial charge in [0.05, 0.1) is 6.07 Å². The van der Waals surface area contributed by atoms with Gasteiger partial charge in [0.1, 0.15) is 5.54 Å². The summed E-state index contributed by atoms with van der Waals surface area (Å²) in [5.41, 5.74) is 0.619. The van der Waals surface area contributed by atoms with Crippen molar-refractivity contribution in [1.82, 2.24) is 5.32 Å². The van der Waals surface area contributed by atoms with Gasteiger partial charge in [0, 0.05) is 6.04 Å². The molecule has 0 heterocycles. The molecule has 21 heavy (non-hydrogen) atoms. The van der Waals surface area contributed by atoms with E-state index in [9.17, 15) is 5.26 Å². The van der Waals surface area contributed by atoms with Gasteiger partial charge in [-0.15, -0.1) is 0 Å². The molecule has 1 aliphatic carbocycles. The molecule has 114 valence electrons. The SMILES string of the molecule is CCCCCSCCC(C#N)(NC1CC1)c1ccccc1. The van der Waals surface area contributed by atoms with Crippen LogP contribution in [0.4, 0.5) is 0 Å². The molecule has 1 atom stereocenters. The van der Waals surface area contributed by atoms with Crippen LogP contribution in [0.5, 0.6) is 0 Å². The zero-order valence-electron chi connectivity index (χ0n) is 13.0. The number of thioether (sulfide) groups is 1. The van der Waals surface area contributed by atoms with Crippen LogP contribution < -0.4 is 5.32 Å². The first-order valence-corrected chi connectivity index (χ1v) is 9.28. The van der Waals surface area contributed by atoms with Crippen molar-refractivity contribution in [1.29, 1.82) is 5.26 Å². The molecule has 2 nitrogen and oxygen atoms in total. The van der Waals surface area contributed by atoms with E-state index in [2.05, 4.69) is 30.4 Å². The molecule has 0 bridgehead atoms. The van der Waals surface area contributed by atoms with Crippen molar-refractivity contribution in [2.24, 2.45) is 0 Å². The first-order chi connectivity index (χ1) is 10.3. The first-order valence-electron chi connectivity index (χ1n) is 8.13. The molecular formula is C18H26N2S. The van der Waals surface area contributed by atoms with Crippen LogP contribution in [-0.4, -0.2) is 17.5 Å². The maximum atomic E-state index is 9.83. The summed E-state index contributed by atoms with van der Waals surface area (Å²) in [6.45, 7) is 2.24. The van der Waals surface area contributed by atoms with Crippen LogP contribution in [0.2, 0.25) is 0 Å². The third-order valence-corrected chi connectivity index (χ3v) is 5.07. The van der Waals surface area contributed by atoms with Gasteiger partial charge in [-0.1, -0.05) is 50.1 Å². The smallest absolute Gasteiger partial charge is 0.133 e. The minimum Gasteiger partial charge on any atom is -0.293 e. The lowest BCUT2D eigenvalue weighted by Crippen LogP contribution is -2.43. The fraction of sp³-hybridized carbons (Fsp3) is 0.611. The van der Waals surface area contributed by atoms with E-state index >= 15 is 0 Å².